The second kappa shape index (κ2) is 13.4. The monoisotopic (exact) mass is 412 g/mol. The highest BCUT2D eigenvalue weighted by Gasteiger charge is 2.18. The second-order valence-corrected chi connectivity index (χ2v) is 7.58. The van der Waals surface area contributed by atoms with Crippen molar-refractivity contribution in [3.63, 3.8) is 0 Å². The van der Waals surface area contributed by atoms with Crippen molar-refractivity contribution in [3.05, 3.63) is 65.7 Å². The molecule has 0 aliphatic carbocycles. The van der Waals surface area contributed by atoms with Crippen LogP contribution in [0.1, 0.15) is 66.7 Å². The van der Waals surface area contributed by atoms with Crippen LogP contribution in [0.2, 0.25) is 0 Å². The van der Waals surface area contributed by atoms with Gasteiger partial charge in [-0.3, -0.25) is 0 Å². The molecule has 0 saturated heterocycles. The molecular formula is C25H32O5. The van der Waals surface area contributed by atoms with Gasteiger partial charge in [-0.15, -0.1) is 0 Å². The third-order valence-corrected chi connectivity index (χ3v) is 4.56. The highest BCUT2D eigenvalue weighted by atomic mass is 16.5. The number of hydrogen-bond donors (Lipinski definition) is 0. The molecule has 0 aliphatic heterocycles. The molecule has 5 heteroatoms. The van der Waals surface area contributed by atoms with Gasteiger partial charge >= 0.3 is 11.9 Å². The Kier molecular flexibility index (Phi) is 10.5. The summed E-state index contributed by atoms with van der Waals surface area (Å²) in [6.45, 7) is 5.42. The predicted octanol–water partition coefficient (Wildman–Crippen LogP) is 5.69. The van der Waals surface area contributed by atoms with E-state index >= 15 is 0 Å². The Hall–Kier alpha value is -2.82. The van der Waals surface area contributed by atoms with Gasteiger partial charge in [-0.05, 0) is 36.6 Å². The quantitative estimate of drug-likeness (QED) is 0.313. The van der Waals surface area contributed by atoms with E-state index in [9.17, 15) is 9.59 Å². The molecule has 5 nitrogen and oxygen atoms in total. The Balaban J connectivity index is 1.73. The van der Waals surface area contributed by atoms with E-state index in [0.717, 1.165) is 25.0 Å². The summed E-state index contributed by atoms with van der Waals surface area (Å²) in [7, 11) is 0. The topological polar surface area (TPSA) is 61.8 Å². The second-order valence-electron chi connectivity index (χ2n) is 7.58. The SMILES string of the molecule is CC(C)CCCCCOC(=O)c1ccccc1C(=O)OCCCOc1ccccc1. The average Bonchev–Trinajstić information content (AvgIpc) is 2.76. The molecule has 0 N–H and O–H groups in total. The van der Waals surface area contributed by atoms with Crippen LogP contribution in [-0.4, -0.2) is 31.8 Å². The molecular weight excluding hydrogens is 380 g/mol. The lowest BCUT2D eigenvalue weighted by molar-refractivity contribution is 0.0444. The smallest absolute Gasteiger partial charge is 0.339 e. The molecule has 0 heterocycles. The highest BCUT2D eigenvalue weighted by molar-refractivity contribution is 6.03. The van der Waals surface area contributed by atoms with Gasteiger partial charge in [0.1, 0.15) is 5.75 Å². The number of hydrogen-bond acceptors (Lipinski definition) is 5. The van der Waals surface area contributed by atoms with Crippen LogP contribution in [0.3, 0.4) is 0 Å². The molecule has 162 valence electrons. The van der Waals surface area contributed by atoms with Crippen molar-refractivity contribution in [2.24, 2.45) is 5.92 Å². The van der Waals surface area contributed by atoms with Crippen LogP contribution in [0, 0.1) is 5.92 Å². The summed E-state index contributed by atoms with van der Waals surface area (Å²) in [5.41, 5.74) is 0.469. The largest absolute Gasteiger partial charge is 0.493 e. The Morgan fingerprint density at radius 3 is 1.87 bits per heavy atom. The maximum Gasteiger partial charge on any atom is 0.339 e. The number of benzene rings is 2. The molecule has 0 unspecified atom stereocenters. The Labute approximate surface area is 179 Å². The summed E-state index contributed by atoms with van der Waals surface area (Å²) < 4.78 is 16.2. The van der Waals surface area contributed by atoms with Gasteiger partial charge < -0.3 is 14.2 Å². The lowest BCUT2D eigenvalue weighted by Crippen LogP contribution is -2.15. The zero-order valence-corrected chi connectivity index (χ0v) is 18.0. The standard InChI is InChI=1S/C25H32O5/c1-20(2)12-5-4-10-17-29-24(26)22-15-8-9-16-23(22)25(27)30-19-11-18-28-21-13-6-3-7-14-21/h3,6-9,13-16,20H,4-5,10-12,17-19H2,1-2H3. The number of para-hydroxylation sites is 1. The van der Waals surface area contributed by atoms with Gasteiger partial charge in [-0.2, -0.15) is 0 Å². The van der Waals surface area contributed by atoms with Crippen molar-refractivity contribution in [2.75, 3.05) is 19.8 Å². The molecule has 0 atom stereocenters. The van der Waals surface area contributed by atoms with E-state index < -0.39 is 11.9 Å². The zero-order chi connectivity index (χ0) is 21.6. The fourth-order valence-electron chi connectivity index (χ4n) is 2.92. The van der Waals surface area contributed by atoms with Gasteiger partial charge in [-0.1, -0.05) is 63.4 Å². The number of ether oxygens (including phenoxy) is 3. The maximum atomic E-state index is 12.4. The molecule has 30 heavy (non-hydrogen) atoms. The number of carbonyl (C=O) groups excluding carboxylic acids is 2. The van der Waals surface area contributed by atoms with E-state index in [1.807, 2.05) is 30.3 Å². The van der Waals surface area contributed by atoms with Gasteiger partial charge in [0.25, 0.3) is 0 Å². The third-order valence-electron chi connectivity index (χ3n) is 4.56. The molecule has 0 radical (unpaired) electrons. The van der Waals surface area contributed by atoms with Crippen molar-refractivity contribution in [1.82, 2.24) is 0 Å². The summed E-state index contributed by atoms with van der Waals surface area (Å²) in [6, 6.07) is 16.1. The first-order valence-electron chi connectivity index (χ1n) is 10.7. The predicted molar refractivity (Wildman–Crippen MR) is 117 cm³/mol. The van der Waals surface area contributed by atoms with Gasteiger partial charge in [0.05, 0.1) is 30.9 Å². The van der Waals surface area contributed by atoms with Gasteiger partial charge in [0.15, 0.2) is 0 Å². The average molecular weight is 413 g/mol. The third kappa shape index (κ3) is 8.68. The summed E-state index contributed by atoms with van der Waals surface area (Å²) in [6.07, 6.45) is 4.72. The number of rotatable bonds is 13. The maximum absolute atomic E-state index is 12.4. The van der Waals surface area contributed by atoms with Crippen LogP contribution in [0.25, 0.3) is 0 Å². The summed E-state index contributed by atoms with van der Waals surface area (Å²) in [5, 5.41) is 0. The Morgan fingerprint density at radius 1 is 0.700 bits per heavy atom. The Morgan fingerprint density at radius 2 is 1.27 bits per heavy atom. The van der Waals surface area contributed by atoms with Crippen molar-refractivity contribution < 1.29 is 23.8 Å². The fraction of sp³-hybridized carbons (Fsp3) is 0.440. The van der Waals surface area contributed by atoms with Crippen LogP contribution in [0.5, 0.6) is 5.75 Å². The minimum absolute atomic E-state index is 0.213. The van der Waals surface area contributed by atoms with Crippen LogP contribution in [0.15, 0.2) is 54.6 Å². The summed E-state index contributed by atoms with van der Waals surface area (Å²) in [5.74, 6) is 0.453. The first-order valence-corrected chi connectivity index (χ1v) is 10.7. The van der Waals surface area contributed by atoms with E-state index in [1.165, 1.54) is 6.42 Å². The van der Waals surface area contributed by atoms with Crippen LogP contribution in [0.4, 0.5) is 0 Å². The van der Waals surface area contributed by atoms with Crippen molar-refractivity contribution in [2.45, 2.75) is 46.0 Å². The molecule has 0 spiro atoms. The highest BCUT2D eigenvalue weighted by Crippen LogP contribution is 2.14. The molecule has 2 aromatic rings. The van der Waals surface area contributed by atoms with Crippen molar-refractivity contribution >= 4 is 11.9 Å². The van der Waals surface area contributed by atoms with E-state index in [4.69, 9.17) is 14.2 Å². The molecule has 0 bridgehead atoms. The molecule has 0 aromatic heterocycles. The molecule has 2 rings (SSSR count). The molecule has 0 amide bonds. The molecule has 0 fully saturated rings. The van der Waals surface area contributed by atoms with E-state index in [1.54, 1.807) is 24.3 Å². The summed E-state index contributed by atoms with van der Waals surface area (Å²) in [4.78, 5) is 24.8. The summed E-state index contributed by atoms with van der Waals surface area (Å²) >= 11 is 0. The first-order chi connectivity index (χ1) is 14.6. The minimum Gasteiger partial charge on any atom is -0.493 e. The van der Waals surface area contributed by atoms with Gasteiger partial charge in [0.2, 0.25) is 0 Å². The first kappa shape index (κ1) is 23.5. The van der Waals surface area contributed by atoms with Crippen molar-refractivity contribution in [1.29, 1.82) is 0 Å². The van der Waals surface area contributed by atoms with Crippen LogP contribution >= 0.6 is 0 Å². The number of carbonyl (C=O) groups is 2. The van der Waals surface area contributed by atoms with E-state index in [-0.39, 0.29) is 17.7 Å². The zero-order valence-electron chi connectivity index (χ0n) is 18.0. The number of esters is 2. The van der Waals surface area contributed by atoms with Gasteiger partial charge in [-0.25, -0.2) is 9.59 Å². The lowest BCUT2D eigenvalue weighted by Gasteiger charge is -2.10. The number of unbranched alkanes of at least 4 members (excludes halogenated alkanes) is 2. The minimum atomic E-state index is -0.529. The van der Waals surface area contributed by atoms with Crippen LogP contribution in [-0.2, 0) is 9.47 Å². The van der Waals surface area contributed by atoms with E-state index in [0.29, 0.717) is 25.6 Å². The van der Waals surface area contributed by atoms with Gasteiger partial charge in [0, 0.05) is 6.42 Å². The van der Waals surface area contributed by atoms with E-state index in [2.05, 4.69) is 13.8 Å². The molecule has 2 aromatic carbocycles. The molecule has 0 aliphatic rings. The fourth-order valence-corrected chi connectivity index (χ4v) is 2.92. The Bertz CT molecular complexity index is 770. The normalized spacial score (nSPS) is 10.6. The van der Waals surface area contributed by atoms with Crippen molar-refractivity contribution in [3.8, 4) is 5.75 Å². The lowest BCUT2D eigenvalue weighted by atomic mass is 10.1. The molecule has 0 saturated carbocycles. The van der Waals surface area contributed by atoms with Crippen LogP contribution < -0.4 is 4.74 Å².